The molecule has 1 N–H and O–H groups in total. The number of nitrogens with one attached hydrogen (secondary N) is 1. The molecule has 2 fully saturated rings. The molecule has 0 bridgehead atoms. The van der Waals surface area contributed by atoms with Gasteiger partial charge in [-0.3, -0.25) is 4.79 Å². The lowest BCUT2D eigenvalue weighted by atomic mass is 9.79. The Morgan fingerprint density at radius 3 is 2.73 bits per heavy atom. The molecule has 1 saturated heterocycles. The fraction of sp³-hybridized carbons (Fsp3) is 0.611. The molecule has 0 spiro atoms. The van der Waals surface area contributed by atoms with Gasteiger partial charge in [-0.1, -0.05) is 12.1 Å². The average molecular weight is 303 g/mol. The van der Waals surface area contributed by atoms with Gasteiger partial charge in [-0.25, -0.2) is 0 Å². The van der Waals surface area contributed by atoms with Crippen molar-refractivity contribution < 1.29 is 14.3 Å². The topological polar surface area (TPSA) is 47.6 Å². The monoisotopic (exact) mass is 303 g/mol. The Labute approximate surface area is 132 Å². The number of fused-ring (bicyclic) bond motifs is 1. The zero-order valence-electron chi connectivity index (χ0n) is 13.4. The SMILES string of the molecule is CCOC(=O)[C@@H]1CC[C@H]2CN[C@@H](c3ccc(OC)cc3)C[C@H]21. The second kappa shape index (κ2) is 6.69. The number of esters is 1. The minimum Gasteiger partial charge on any atom is -0.497 e. The van der Waals surface area contributed by atoms with Gasteiger partial charge < -0.3 is 14.8 Å². The predicted molar refractivity (Wildman–Crippen MR) is 84.7 cm³/mol. The minimum absolute atomic E-state index is 0.00498. The van der Waals surface area contributed by atoms with E-state index < -0.39 is 0 Å². The average Bonchev–Trinajstić information content (AvgIpc) is 2.98. The first kappa shape index (κ1) is 15.3. The van der Waals surface area contributed by atoms with Crippen LogP contribution in [0.5, 0.6) is 5.75 Å². The van der Waals surface area contributed by atoms with Crippen LogP contribution < -0.4 is 10.1 Å². The third-order valence-corrected chi connectivity index (χ3v) is 5.21. The van der Waals surface area contributed by atoms with Crippen LogP contribution in [0.4, 0.5) is 0 Å². The van der Waals surface area contributed by atoms with Gasteiger partial charge in [-0.05, 0) is 62.3 Å². The zero-order valence-corrected chi connectivity index (χ0v) is 13.4. The van der Waals surface area contributed by atoms with Gasteiger partial charge >= 0.3 is 5.97 Å². The van der Waals surface area contributed by atoms with Crippen molar-refractivity contribution in [2.45, 2.75) is 32.2 Å². The maximum absolute atomic E-state index is 12.2. The van der Waals surface area contributed by atoms with Gasteiger partial charge in [0.2, 0.25) is 0 Å². The lowest BCUT2D eigenvalue weighted by molar-refractivity contribution is -0.149. The molecule has 0 amide bonds. The number of piperidine rings is 1. The maximum Gasteiger partial charge on any atom is 0.309 e. The number of hydrogen-bond acceptors (Lipinski definition) is 4. The Morgan fingerprint density at radius 1 is 1.27 bits per heavy atom. The van der Waals surface area contributed by atoms with Crippen LogP contribution in [-0.2, 0) is 9.53 Å². The minimum atomic E-state index is 0.00498. The van der Waals surface area contributed by atoms with Gasteiger partial charge in [0.15, 0.2) is 0 Å². The molecule has 1 saturated carbocycles. The second-order valence-corrected chi connectivity index (χ2v) is 6.33. The molecule has 1 heterocycles. The van der Waals surface area contributed by atoms with Crippen molar-refractivity contribution in [3.05, 3.63) is 29.8 Å². The van der Waals surface area contributed by atoms with Crippen LogP contribution in [0, 0.1) is 17.8 Å². The van der Waals surface area contributed by atoms with Crippen LogP contribution in [0.25, 0.3) is 0 Å². The van der Waals surface area contributed by atoms with E-state index in [9.17, 15) is 4.79 Å². The van der Waals surface area contributed by atoms with Crippen molar-refractivity contribution in [3.63, 3.8) is 0 Å². The lowest BCUT2D eigenvalue weighted by Gasteiger charge is -2.35. The van der Waals surface area contributed by atoms with E-state index in [1.54, 1.807) is 7.11 Å². The summed E-state index contributed by atoms with van der Waals surface area (Å²) < 4.78 is 10.5. The van der Waals surface area contributed by atoms with E-state index >= 15 is 0 Å². The Bertz CT molecular complexity index is 514. The second-order valence-electron chi connectivity index (χ2n) is 6.33. The molecular weight excluding hydrogens is 278 g/mol. The van der Waals surface area contributed by atoms with Gasteiger partial charge in [0.05, 0.1) is 19.6 Å². The van der Waals surface area contributed by atoms with E-state index in [2.05, 4.69) is 17.4 Å². The Hall–Kier alpha value is -1.55. The van der Waals surface area contributed by atoms with Gasteiger partial charge in [-0.2, -0.15) is 0 Å². The first-order valence-corrected chi connectivity index (χ1v) is 8.27. The number of benzene rings is 1. The standard InChI is InChI=1S/C18H25NO3/c1-3-22-18(20)15-9-6-13-11-19-17(10-16(13)15)12-4-7-14(21-2)8-5-12/h4-5,7-8,13,15-17,19H,3,6,9-11H2,1-2H3/t13-,15+,16+,17+/m0/s1. The van der Waals surface area contributed by atoms with Crippen molar-refractivity contribution >= 4 is 5.97 Å². The summed E-state index contributed by atoms with van der Waals surface area (Å²) in [5.41, 5.74) is 1.27. The smallest absolute Gasteiger partial charge is 0.309 e. The molecule has 4 heteroatoms. The summed E-state index contributed by atoms with van der Waals surface area (Å²) in [5, 5.41) is 3.64. The van der Waals surface area contributed by atoms with Crippen molar-refractivity contribution in [2.75, 3.05) is 20.3 Å². The van der Waals surface area contributed by atoms with Crippen LogP contribution in [0.3, 0.4) is 0 Å². The fourth-order valence-corrected chi connectivity index (χ4v) is 4.04. The molecule has 0 aromatic heterocycles. The van der Waals surface area contributed by atoms with Crippen LogP contribution >= 0.6 is 0 Å². The van der Waals surface area contributed by atoms with Gasteiger partial charge in [0, 0.05) is 6.04 Å². The Morgan fingerprint density at radius 2 is 2.05 bits per heavy atom. The molecule has 4 nitrogen and oxygen atoms in total. The predicted octanol–water partition coefficient (Wildman–Crippen LogP) is 2.94. The molecule has 1 aliphatic heterocycles. The summed E-state index contributed by atoms with van der Waals surface area (Å²) in [4.78, 5) is 12.2. The van der Waals surface area contributed by atoms with E-state index in [1.807, 2.05) is 19.1 Å². The molecule has 120 valence electrons. The Kier molecular flexibility index (Phi) is 4.67. The van der Waals surface area contributed by atoms with Crippen LogP contribution in [0.15, 0.2) is 24.3 Å². The summed E-state index contributed by atoms with van der Waals surface area (Å²) in [6, 6.07) is 8.56. The highest BCUT2D eigenvalue weighted by Gasteiger charge is 2.44. The van der Waals surface area contributed by atoms with E-state index in [0.717, 1.165) is 31.6 Å². The zero-order chi connectivity index (χ0) is 15.5. The van der Waals surface area contributed by atoms with Crippen molar-refractivity contribution in [3.8, 4) is 5.75 Å². The molecule has 3 rings (SSSR count). The number of hydrogen-bond donors (Lipinski definition) is 1. The van der Waals surface area contributed by atoms with E-state index in [1.165, 1.54) is 5.56 Å². The summed E-state index contributed by atoms with van der Waals surface area (Å²) >= 11 is 0. The maximum atomic E-state index is 12.2. The molecule has 0 unspecified atom stereocenters. The van der Waals surface area contributed by atoms with Gasteiger partial charge in [-0.15, -0.1) is 0 Å². The third-order valence-electron chi connectivity index (χ3n) is 5.21. The van der Waals surface area contributed by atoms with E-state index in [4.69, 9.17) is 9.47 Å². The van der Waals surface area contributed by atoms with E-state index in [0.29, 0.717) is 24.5 Å². The highest BCUT2D eigenvalue weighted by Crippen LogP contribution is 2.45. The first-order valence-electron chi connectivity index (χ1n) is 8.27. The van der Waals surface area contributed by atoms with Gasteiger partial charge in [0.1, 0.15) is 5.75 Å². The number of methoxy groups -OCH3 is 1. The Balaban J connectivity index is 1.70. The number of ether oxygens (including phenoxy) is 2. The fourth-order valence-electron chi connectivity index (χ4n) is 4.04. The quantitative estimate of drug-likeness (QED) is 0.869. The van der Waals surface area contributed by atoms with Crippen LogP contribution in [-0.4, -0.2) is 26.2 Å². The summed E-state index contributed by atoms with van der Waals surface area (Å²) in [6.45, 7) is 3.36. The number of rotatable bonds is 4. The summed E-state index contributed by atoms with van der Waals surface area (Å²) in [6.07, 6.45) is 3.13. The van der Waals surface area contributed by atoms with Gasteiger partial charge in [0.25, 0.3) is 0 Å². The molecule has 4 atom stereocenters. The largest absolute Gasteiger partial charge is 0.497 e. The van der Waals surface area contributed by atoms with Crippen molar-refractivity contribution in [1.29, 1.82) is 0 Å². The van der Waals surface area contributed by atoms with Crippen molar-refractivity contribution in [2.24, 2.45) is 17.8 Å². The molecule has 1 aromatic rings. The molecule has 22 heavy (non-hydrogen) atoms. The number of carbonyl (C=O) groups excluding carboxylic acids is 1. The molecule has 0 radical (unpaired) electrons. The third kappa shape index (κ3) is 2.98. The molecular formula is C18H25NO3. The molecule has 1 aliphatic carbocycles. The lowest BCUT2D eigenvalue weighted by Crippen LogP contribution is -2.40. The highest BCUT2D eigenvalue weighted by molar-refractivity contribution is 5.73. The first-order chi connectivity index (χ1) is 10.7. The van der Waals surface area contributed by atoms with E-state index in [-0.39, 0.29) is 11.9 Å². The highest BCUT2D eigenvalue weighted by atomic mass is 16.5. The molecule has 2 aliphatic rings. The number of carbonyl (C=O) groups is 1. The summed E-state index contributed by atoms with van der Waals surface area (Å²) in [5.74, 6) is 2.04. The van der Waals surface area contributed by atoms with Crippen LogP contribution in [0.1, 0.15) is 37.8 Å². The normalized spacial score (nSPS) is 30.6. The summed E-state index contributed by atoms with van der Waals surface area (Å²) in [7, 11) is 1.68. The van der Waals surface area contributed by atoms with Crippen molar-refractivity contribution in [1.82, 2.24) is 5.32 Å². The van der Waals surface area contributed by atoms with Crippen LogP contribution in [0.2, 0.25) is 0 Å². The molecule has 1 aromatic carbocycles.